The number of carbonyl (C=O) groups is 1. The summed E-state index contributed by atoms with van der Waals surface area (Å²) in [6, 6.07) is 4.95. The maximum Gasteiger partial charge on any atom is 0.251 e. The van der Waals surface area contributed by atoms with Crippen LogP contribution >= 0.6 is 0 Å². The molecule has 4 saturated carbocycles. The van der Waals surface area contributed by atoms with Crippen LogP contribution in [0.25, 0.3) is 0 Å². The van der Waals surface area contributed by atoms with Crippen LogP contribution in [0.15, 0.2) is 23.1 Å². The highest BCUT2D eigenvalue weighted by Crippen LogP contribution is 2.61. The molecule has 4 aliphatic rings. The summed E-state index contributed by atoms with van der Waals surface area (Å²) < 4.78 is 23.7. The Morgan fingerprint density at radius 2 is 1.65 bits per heavy atom. The third kappa shape index (κ3) is 3.08. The van der Waals surface area contributed by atoms with Gasteiger partial charge < -0.3 is 5.32 Å². The lowest BCUT2D eigenvalue weighted by molar-refractivity contribution is -0.0688. The smallest absolute Gasteiger partial charge is 0.251 e. The first-order valence-corrected chi connectivity index (χ1v) is 11.7. The average Bonchev–Trinajstić information content (AvgIpc) is 2.52. The minimum atomic E-state index is -3.32. The lowest BCUT2D eigenvalue weighted by Crippen LogP contribution is -2.55. The number of sulfone groups is 1. The highest BCUT2D eigenvalue weighted by molar-refractivity contribution is 7.90. The molecule has 4 nitrogen and oxygen atoms in total. The van der Waals surface area contributed by atoms with Crippen LogP contribution in [0, 0.1) is 30.1 Å². The number of benzene rings is 1. The number of carbonyl (C=O) groups excluding carboxylic acids is 1. The summed E-state index contributed by atoms with van der Waals surface area (Å²) in [6.45, 7) is 4.01. The molecule has 0 aromatic heterocycles. The number of hydrogen-bond acceptors (Lipinski definition) is 3. The third-order valence-corrected chi connectivity index (χ3v) is 8.34. The van der Waals surface area contributed by atoms with Gasteiger partial charge in [-0.2, -0.15) is 0 Å². The van der Waals surface area contributed by atoms with Gasteiger partial charge in [0.2, 0.25) is 0 Å². The second-order valence-corrected chi connectivity index (χ2v) is 11.2. The molecule has 0 aliphatic heterocycles. The molecule has 0 radical (unpaired) electrons. The summed E-state index contributed by atoms with van der Waals surface area (Å²) in [5, 5.41) is 3.24. The first-order valence-electron chi connectivity index (χ1n) is 9.78. The summed E-state index contributed by atoms with van der Waals surface area (Å²) in [6.07, 6.45) is 9.05. The van der Waals surface area contributed by atoms with Crippen molar-refractivity contribution in [3.8, 4) is 0 Å². The molecule has 0 saturated heterocycles. The van der Waals surface area contributed by atoms with Gasteiger partial charge in [0.15, 0.2) is 9.84 Å². The summed E-state index contributed by atoms with van der Waals surface area (Å²) in [7, 11) is -3.32. The van der Waals surface area contributed by atoms with E-state index in [2.05, 4.69) is 12.2 Å². The van der Waals surface area contributed by atoms with Crippen molar-refractivity contribution in [3.05, 3.63) is 29.3 Å². The van der Waals surface area contributed by atoms with Gasteiger partial charge in [-0.1, -0.05) is 6.07 Å². The van der Waals surface area contributed by atoms with E-state index in [1.165, 1.54) is 50.8 Å². The highest BCUT2D eigenvalue weighted by Gasteiger charge is 2.53. The second kappa shape index (κ2) is 6.08. The van der Waals surface area contributed by atoms with Gasteiger partial charge >= 0.3 is 0 Å². The number of nitrogens with one attached hydrogen (secondary N) is 1. The van der Waals surface area contributed by atoms with Gasteiger partial charge in [-0.15, -0.1) is 0 Å². The number of amides is 1. The van der Waals surface area contributed by atoms with Gasteiger partial charge in [0, 0.05) is 17.9 Å². The maximum absolute atomic E-state index is 12.9. The standard InChI is InChI=1S/C21H29NO3S/c1-13-4-5-18(26(3,24)25)9-19(13)20(23)22-14(2)21-10-15-6-16(11-21)8-17(7-15)12-21/h4-5,9,14-17H,6-8,10-12H2,1-3H3,(H,22,23)/t14-,15?,16?,17?,21?/m1/s1. The Morgan fingerprint density at radius 3 is 2.15 bits per heavy atom. The van der Waals surface area contributed by atoms with Crippen molar-refractivity contribution in [2.24, 2.45) is 23.2 Å². The topological polar surface area (TPSA) is 63.2 Å². The van der Waals surface area contributed by atoms with Crippen molar-refractivity contribution in [1.29, 1.82) is 0 Å². The predicted octanol–water partition coefficient (Wildman–Crippen LogP) is 3.73. The van der Waals surface area contributed by atoms with Gasteiger partial charge in [-0.3, -0.25) is 4.79 Å². The molecule has 4 fully saturated rings. The zero-order chi connectivity index (χ0) is 18.7. The van der Waals surface area contributed by atoms with Crippen LogP contribution in [0.1, 0.15) is 61.4 Å². The molecule has 0 spiro atoms. The monoisotopic (exact) mass is 375 g/mol. The average molecular weight is 376 g/mol. The molecule has 142 valence electrons. The largest absolute Gasteiger partial charge is 0.349 e. The van der Waals surface area contributed by atoms with E-state index in [1.807, 2.05) is 6.92 Å². The molecule has 26 heavy (non-hydrogen) atoms. The van der Waals surface area contributed by atoms with Crippen LogP contribution in [0.2, 0.25) is 0 Å². The Balaban J connectivity index is 1.55. The number of aryl methyl sites for hydroxylation is 1. The Bertz CT molecular complexity index is 808. The quantitative estimate of drug-likeness (QED) is 0.872. The number of hydrogen-bond donors (Lipinski definition) is 1. The minimum absolute atomic E-state index is 0.129. The Hall–Kier alpha value is -1.36. The molecular formula is C21H29NO3S. The van der Waals surface area contributed by atoms with Gasteiger partial charge in [0.25, 0.3) is 5.91 Å². The predicted molar refractivity (Wildman–Crippen MR) is 102 cm³/mol. The summed E-state index contributed by atoms with van der Waals surface area (Å²) >= 11 is 0. The molecule has 4 aliphatic carbocycles. The van der Waals surface area contributed by atoms with Crippen molar-refractivity contribution >= 4 is 15.7 Å². The summed E-state index contributed by atoms with van der Waals surface area (Å²) in [4.78, 5) is 13.1. The first kappa shape index (κ1) is 18.0. The van der Waals surface area contributed by atoms with Crippen molar-refractivity contribution in [3.63, 3.8) is 0 Å². The van der Waals surface area contributed by atoms with E-state index in [4.69, 9.17) is 0 Å². The normalized spacial score (nSPS) is 33.9. The SMILES string of the molecule is Cc1ccc(S(C)(=O)=O)cc1C(=O)N[C@H](C)C12CC3CC(CC(C3)C1)C2. The van der Waals surface area contributed by atoms with Crippen molar-refractivity contribution in [1.82, 2.24) is 5.32 Å². The Kier molecular flexibility index (Phi) is 4.22. The van der Waals surface area contributed by atoms with E-state index in [0.717, 1.165) is 23.3 Å². The van der Waals surface area contributed by atoms with Crippen LogP contribution in [-0.4, -0.2) is 26.6 Å². The first-order chi connectivity index (χ1) is 12.2. The molecule has 1 aromatic carbocycles. The zero-order valence-corrected chi connectivity index (χ0v) is 16.7. The van der Waals surface area contributed by atoms with Crippen LogP contribution < -0.4 is 5.32 Å². The molecule has 1 aromatic rings. The molecule has 4 bridgehead atoms. The fourth-order valence-corrected chi connectivity index (χ4v) is 6.86. The van der Waals surface area contributed by atoms with Crippen LogP contribution in [0.3, 0.4) is 0 Å². The van der Waals surface area contributed by atoms with Crippen molar-refractivity contribution in [2.45, 2.75) is 63.3 Å². The molecule has 1 atom stereocenters. The van der Waals surface area contributed by atoms with E-state index in [9.17, 15) is 13.2 Å². The molecule has 1 N–H and O–H groups in total. The fourth-order valence-electron chi connectivity index (χ4n) is 6.21. The summed E-state index contributed by atoms with van der Waals surface area (Å²) in [5.41, 5.74) is 1.53. The molecule has 5 heteroatoms. The maximum atomic E-state index is 12.9. The van der Waals surface area contributed by atoms with Gasteiger partial charge in [-0.05, 0) is 93.2 Å². The molecule has 1 amide bonds. The molecular weight excluding hydrogens is 346 g/mol. The van der Waals surface area contributed by atoms with E-state index in [1.54, 1.807) is 12.1 Å². The van der Waals surface area contributed by atoms with E-state index < -0.39 is 9.84 Å². The van der Waals surface area contributed by atoms with E-state index in [0.29, 0.717) is 5.56 Å². The molecule has 5 rings (SSSR count). The van der Waals surface area contributed by atoms with Crippen molar-refractivity contribution < 1.29 is 13.2 Å². The lowest BCUT2D eigenvalue weighted by Gasteiger charge is -2.59. The van der Waals surface area contributed by atoms with Crippen LogP contribution in [-0.2, 0) is 9.84 Å². The lowest BCUT2D eigenvalue weighted by atomic mass is 9.48. The summed E-state index contributed by atoms with van der Waals surface area (Å²) in [5.74, 6) is 2.39. The highest BCUT2D eigenvalue weighted by atomic mass is 32.2. The van der Waals surface area contributed by atoms with E-state index in [-0.39, 0.29) is 22.3 Å². The van der Waals surface area contributed by atoms with Crippen LogP contribution in [0.4, 0.5) is 0 Å². The third-order valence-electron chi connectivity index (χ3n) is 7.23. The van der Waals surface area contributed by atoms with Gasteiger partial charge in [0.1, 0.15) is 0 Å². The molecule has 0 heterocycles. The van der Waals surface area contributed by atoms with Crippen LogP contribution in [0.5, 0.6) is 0 Å². The van der Waals surface area contributed by atoms with E-state index >= 15 is 0 Å². The minimum Gasteiger partial charge on any atom is -0.349 e. The Labute approximate surface area is 156 Å². The van der Waals surface area contributed by atoms with Crippen molar-refractivity contribution in [2.75, 3.05) is 6.26 Å². The Morgan fingerprint density at radius 1 is 1.12 bits per heavy atom. The van der Waals surface area contributed by atoms with Gasteiger partial charge in [-0.25, -0.2) is 8.42 Å². The fraction of sp³-hybridized carbons (Fsp3) is 0.667. The number of rotatable bonds is 4. The zero-order valence-electron chi connectivity index (χ0n) is 15.9. The molecule has 0 unspecified atom stereocenters. The van der Waals surface area contributed by atoms with Gasteiger partial charge in [0.05, 0.1) is 4.90 Å². The second-order valence-electron chi connectivity index (χ2n) is 9.22.